The Morgan fingerprint density at radius 3 is 2.65 bits per heavy atom. The van der Waals surface area contributed by atoms with Gasteiger partial charge in [0.1, 0.15) is 0 Å². The third kappa shape index (κ3) is 4.53. The number of carbonyl (C=O) groups excluding carboxylic acids is 1. The molecular weight excluding hydrogens is 252 g/mol. The highest BCUT2D eigenvalue weighted by atomic mass is 16.5. The molecule has 2 amide bonds. The average Bonchev–Trinajstić information content (AvgIpc) is 2.35. The molecule has 0 saturated carbocycles. The summed E-state index contributed by atoms with van der Waals surface area (Å²) in [6.07, 6.45) is 2.17. The molecule has 2 N–H and O–H groups in total. The van der Waals surface area contributed by atoms with Crippen molar-refractivity contribution < 1.29 is 9.53 Å². The molecular formula is C16H24N2O2. The lowest BCUT2D eigenvalue weighted by molar-refractivity contribution is -0.0402. The summed E-state index contributed by atoms with van der Waals surface area (Å²) < 4.78 is 5.67. The number of benzene rings is 1. The van der Waals surface area contributed by atoms with Crippen LogP contribution >= 0.6 is 0 Å². The van der Waals surface area contributed by atoms with E-state index in [1.54, 1.807) is 0 Å². The third-order valence-electron chi connectivity index (χ3n) is 3.57. The number of rotatable bonds is 3. The molecule has 0 aromatic heterocycles. The summed E-state index contributed by atoms with van der Waals surface area (Å²) in [5.41, 5.74) is 2.32. The van der Waals surface area contributed by atoms with Gasteiger partial charge in [0.2, 0.25) is 0 Å². The van der Waals surface area contributed by atoms with Crippen LogP contribution in [-0.4, -0.2) is 24.3 Å². The van der Waals surface area contributed by atoms with E-state index in [4.69, 9.17) is 4.74 Å². The molecule has 4 heteroatoms. The summed E-state index contributed by atoms with van der Waals surface area (Å²) in [4.78, 5) is 11.9. The minimum Gasteiger partial charge on any atom is -0.375 e. The van der Waals surface area contributed by atoms with Gasteiger partial charge in [0.15, 0.2) is 0 Å². The molecule has 1 saturated heterocycles. The molecule has 0 radical (unpaired) electrons. The highest BCUT2D eigenvalue weighted by Crippen LogP contribution is 2.18. The molecule has 4 nitrogen and oxygen atoms in total. The van der Waals surface area contributed by atoms with E-state index in [0.717, 1.165) is 18.4 Å². The van der Waals surface area contributed by atoms with Crippen molar-refractivity contribution in [2.75, 3.05) is 0 Å². The van der Waals surface area contributed by atoms with Crippen molar-refractivity contribution in [3.63, 3.8) is 0 Å². The Kier molecular flexibility index (Phi) is 5.01. The van der Waals surface area contributed by atoms with E-state index in [1.807, 2.05) is 25.1 Å². The Labute approximate surface area is 120 Å². The van der Waals surface area contributed by atoms with Crippen LogP contribution in [0.15, 0.2) is 24.3 Å². The van der Waals surface area contributed by atoms with Crippen molar-refractivity contribution in [2.24, 2.45) is 0 Å². The molecule has 0 aliphatic carbocycles. The summed E-state index contributed by atoms with van der Waals surface area (Å²) in [6, 6.07) is 8.26. The predicted molar refractivity (Wildman–Crippen MR) is 79.6 cm³/mol. The van der Waals surface area contributed by atoms with Gasteiger partial charge in [-0.15, -0.1) is 0 Å². The lowest BCUT2D eigenvalue weighted by atomic mass is 10.0. The van der Waals surface area contributed by atoms with Gasteiger partial charge in [-0.3, -0.25) is 0 Å². The van der Waals surface area contributed by atoms with E-state index in [9.17, 15) is 4.79 Å². The summed E-state index contributed by atoms with van der Waals surface area (Å²) in [7, 11) is 0. The van der Waals surface area contributed by atoms with Gasteiger partial charge < -0.3 is 15.4 Å². The lowest BCUT2D eigenvalue weighted by Crippen LogP contribution is -2.47. The monoisotopic (exact) mass is 276 g/mol. The van der Waals surface area contributed by atoms with Crippen LogP contribution in [0.4, 0.5) is 4.79 Å². The third-order valence-corrected chi connectivity index (χ3v) is 3.57. The summed E-state index contributed by atoms with van der Waals surface area (Å²) >= 11 is 0. The second kappa shape index (κ2) is 6.75. The van der Waals surface area contributed by atoms with Gasteiger partial charge >= 0.3 is 6.03 Å². The van der Waals surface area contributed by atoms with E-state index in [1.165, 1.54) is 5.56 Å². The van der Waals surface area contributed by atoms with Gasteiger partial charge in [0, 0.05) is 12.6 Å². The maximum atomic E-state index is 11.9. The van der Waals surface area contributed by atoms with Crippen molar-refractivity contribution in [3.05, 3.63) is 35.4 Å². The van der Waals surface area contributed by atoms with Crippen molar-refractivity contribution in [1.82, 2.24) is 10.6 Å². The van der Waals surface area contributed by atoms with Crippen molar-refractivity contribution in [3.8, 4) is 0 Å². The summed E-state index contributed by atoms with van der Waals surface area (Å²) in [5, 5.41) is 5.95. The van der Waals surface area contributed by atoms with Crippen LogP contribution in [0.2, 0.25) is 0 Å². The molecule has 1 fully saturated rings. The number of ether oxygens (including phenoxy) is 1. The van der Waals surface area contributed by atoms with E-state index < -0.39 is 0 Å². The van der Waals surface area contributed by atoms with Crippen LogP contribution in [0.5, 0.6) is 0 Å². The molecule has 1 aliphatic heterocycles. The van der Waals surface area contributed by atoms with Gasteiger partial charge in [0.25, 0.3) is 0 Å². The highest BCUT2D eigenvalue weighted by Gasteiger charge is 2.25. The number of amides is 2. The van der Waals surface area contributed by atoms with Crippen LogP contribution < -0.4 is 10.6 Å². The molecule has 2 atom stereocenters. The number of aryl methyl sites for hydroxylation is 1. The average molecular weight is 276 g/mol. The zero-order valence-corrected chi connectivity index (χ0v) is 12.5. The molecule has 0 spiro atoms. The maximum absolute atomic E-state index is 11.9. The first-order valence-electron chi connectivity index (χ1n) is 7.28. The van der Waals surface area contributed by atoms with E-state index >= 15 is 0 Å². The van der Waals surface area contributed by atoms with Crippen LogP contribution in [0.1, 0.15) is 37.8 Å². The first-order valence-corrected chi connectivity index (χ1v) is 7.28. The lowest BCUT2D eigenvalue weighted by Gasteiger charge is -2.32. The van der Waals surface area contributed by atoms with E-state index in [0.29, 0.717) is 6.54 Å². The van der Waals surface area contributed by atoms with Crippen LogP contribution in [0, 0.1) is 6.92 Å². The standard InChI is InChI=1S/C16H24N2O2/c1-11-5-4-6-14(7-11)10-17-16(19)18-15-8-12(2)20-13(3)9-15/h4-7,12-13,15H,8-10H2,1-3H3,(H2,17,18,19)/t12-,13-/m0/s1. The molecule has 0 unspecified atom stereocenters. The largest absolute Gasteiger partial charge is 0.375 e. The fourth-order valence-electron chi connectivity index (χ4n) is 2.76. The topological polar surface area (TPSA) is 50.4 Å². The van der Waals surface area contributed by atoms with Gasteiger partial charge in [-0.1, -0.05) is 29.8 Å². The Morgan fingerprint density at radius 1 is 1.30 bits per heavy atom. The number of carbonyl (C=O) groups is 1. The van der Waals surface area contributed by atoms with Crippen LogP contribution in [0.3, 0.4) is 0 Å². The Morgan fingerprint density at radius 2 is 2.00 bits per heavy atom. The van der Waals surface area contributed by atoms with Crippen molar-refractivity contribution in [2.45, 2.75) is 58.4 Å². The second-order valence-corrected chi connectivity index (χ2v) is 5.74. The van der Waals surface area contributed by atoms with Gasteiger partial charge in [-0.2, -0.15) is 0 Å². The summed E-state index contributed by atoms with van der Waals surface area (Å²) in [6.45, 7) is 6.71. The zero-order valence-electron chi connectivity index (χ0n) is 12.5. The Bertz CT molecular complexity index is 452. The van der Waals surface area contributed by atoms with Gasteiger partial charge in [0.05, 0.1) is 12.2 Å². The van der Waals surface area contributed by atoms with Crippen molar-refractivity contribution >= 4 is 6.03 Å². The zero-order chi connectivity index (χ0) is 14.5. The predicted octanol–water partition coefficient (Wildman–Crippen LogP) is 2.75. The normalized spacial score (nSPS) is 26.1. The number of urea groups is 1. The Hall–Kier alpha value is -1.55. The highest BCUT2D eigenvalue weighted by molar-refractivity contribution is 5.74. The first-order chi connectivity index (χ1) is 9.52. The number of nitrogens with one attached hydrogen (secondary N) is 2. The van der Waals surface area contributed by atoms with Crippen molar-refractivity contribution in [1.29, 1.82) is 0 Å². The molecule has 110 valence electrons. The summed E-state index contributed by atoms with van der Waals surface area (Å²) in [5.74, 6) is 0. The first kappa shape index (κ1) is 14.9. The smallest absolute Gasteiger partial charge is 0.315 e. The fourth-order valence-corrected chi connectivity index (χ4v) is 2.76. The van der Waals surface area contributed by atoms with Gasteiger partial charge in [-0.25, -0.2) is 4.79 Å². The molecule has 20 heavy (non-hydrogen) atoms. The molecule has 1 heterocycles. The molecule has 2 rings (SSSR count). The second-order valence-electron chi connectivity index (χ2n) is 5.74. The SMILES string of the molecule is Cc1cccc(CNC(=O)NC2C[C@H](C)O[C@@H](C)C2)c1. The quantitative estimate of drug-likeness (QED) is 0.892. The van der Waals surface area contributed by atoms with Crippen LogP contribution in [-0.2, 0) is 11.3 Å². The fraction of sp³-hybridized carbons (Fsp3) is 0.562. The molecule has 1 aromatic carbocycles. The molecule has 1 aromatic rings. The molecule has 0 bridgehead atoms. The van der Waals surface area contributed by atoms with Gasteiger partial charge in [-0.05, 0) is 39.2 Å². The number of hydrogen-bond donors (Lipinski definition) is 2. The Balaban J connectivity index is 1.78. The maximum Gasteiger partial charge on any atom is 0.315 e. The minimum absolute atomic E-state index is 0.0993. The minimum atomic E-state index is -0.0993. The van der Waals surface area contributed by atoms with Crippen LogP contribution in [0.25, 0.3) is 0 Å². The van der Waals surface area contributed by atoms with E-state index in [-0.39, 0.29) is 24.3 Å². The number of hydrogen-bond acceptors (Lipinski definition) is 2. The van der Waals surface area contributed by atoms with E-state index in [2.05, 4.69) is 30.5 Å². The molecule has 1 aliphatic rings.